The highest BCUT2D eigenvalue weighted by Gasteiger charge is 2.16. The van der Waals surface area contributed by atoms with Crippen LogP contribution in [0.1, 0.15) is 5.56 Å². The first-order valence-electron chi connectivity index (χ1n) is 4.80. The molecule has 1 heterocycles. The van der Waals surface area contributed by atoms with Gasteiger partial charge in [-0.25, -0.2) is 13.2 Å². The number of pyridine rings is 1. The Balaban J connectivity index is 2.65. The summed E-state index contributed by atoms with van der Waals surface area (Å²) < 4.78 is 39.3. The Bertz CT molecular complexity index is 584. The normalized spacial score (nSPS) is 10.6. The van der Waals surface area contributed by atoms with Gasteiger partial charge in [-0.1, -0.05) is 0 Å². The van der Waals surface area contributed by atoms with Crippen molar-refractivity contribution in [3.63, 3.8) is 0 Å². The van der Waals surface area contributed by atoms with E-state index in [4.69, 9.17) is 5.11 Å². The number of aromatic nitrogens is 1. The van der Waals surface area contributed by atoms with Crippen LogP contribution < -0.4 is 0 Å². The van der Waals surface area contributed by atoms with E-state index in [1.165, 1.54) is 6.07 Å². The third-order valence-electron chi connectivity index (χ3n) is 2.35. The minimum absolute atomic E-state index is 0.0748. The molecule has 0 fully saturated rings. The summed E-state index contributed by atoms with van der Waals surface area (Å²) in [4.78, 5) is 3.80. The molecule has 1 N–H and O–H groups in total. The van der Waals surface area contributed by atoms with Crippen LogP contribution >= 0.6 is 0 Å². The van der Waals surface area contributed by atoms with Gasteiger partial charge in [0.1, 0.15) is 5.75 Å². The largest absolute Gasteiger partial charge is 0.506 e. The van der Waals surface area contributed by atoms with E-state index in [9.17, 15) is 13.2 Å². The highest BCUT2D eigenvalue weighted by molar-refractivity contribution is 5.64. The summed E-state index contributed by atoms with van der Waals surface area (Å²) in [5, 5.41) is 9.16. The minimum atomic E-state index is -1.53. The van der Waals surface area contributed by atoms with Gasteiger partial charge in [0, 0.05) is 5.56 Å². The van der Waals surface area contributed by atoms with Gasteiger partial charge >= 0.3 is 0 Å². The summed E-state index contributed by atoms with van der Waals surface area (Å²) in [6.07, 6.45) is 1.11. The van der Waals surface area contributed by atoms with Gasteiger partial charge in [0.15, 0.2) is 17.5 Å². The van der Waals surface area contributed by atoms with E-state index < -0.39 is 17.5 Å². The van der Waals surface area contributed by atoms with Crippen molar-refractivity contribution < 1.29 is 18.3 Å². The van der Waals surface area contributed by atoms with Crippen LogP contribution in [0.2, 0.25) is 0 Å². The molecule has 2 nitrogen and oxygen atoms in total. The molecule has 88 valence electrons. The van der Waals surface area contributed by atoms with Gasteiger partial charge in [-0.05, 0) is 30.7 Å². The van der Waals surface area contributed by atoms with Gasteiger partial charge in [-0.2, -0.15) is 0 Å². The second kappa shape index (κ2) is 4.08. The van der Waals surface area contributed by atoms with E-state index in [0.717, 1.165) is 18.3 Å². The van der Waals surface area contributed by atoms with E-state index in [2.05, 4.69) is 4.98 Å². The molecule has 0 aliphatic heterocycles. The van der Waals surface area contributed by atoms with Crippen molar-refractivity contribution in [1.29, 1.82) is 0 Å². The van der Waals surface area contributed by atoms with Crippen LogP contribution in [0.15, 0.2) is 24.4 Å². The van der Waals surface area contributed by atoms with E-state index in [0.29, 0.717) is 5.56 Å². The molecular weight excluding hydrogens is 231 g/mol. The molecule has 0 amide bonds. The number of rotatable bonds is 1. The maximum Gasteiger partial charge on any atom is 0.195 e. The molecule has 0 atom stereocenters. The lowest BCUT2D eigenvalue weighted by molar-refractivity contribution is 0.448. The van der Waals surface area contributed by atoms with Crippen molar-refractivity contribution in [2.45, 2.75) is 6.92 Å². The number of halogens is 3. The molecule has 0 saturated heterocycles. The van der Waals surface area contributed by atoms with Crippen molar-refractivity contribution in [3.05, 3.63) is 47.4 Å². The average Bonchev–Trinajstić information content (AvgIpc) is 2.28. The Labute approximate surface area is 95.4 Å². The number of aromatic hydroxyl groups is 1. The Morgan fingerprint density at radius 2 is 1.82 bits per heavy atom. The van der Waals surface area contributed by atoms with Crippen LogP contribution in [0.4, 0.5) is 13.2 Å². The lowest BCUT2D eigenvalue weighted by Gasteiger charge is -2.07. The fourth-order valence-corrected chi connectivity index (χ4v) is 1.55. The average molecular weight is 239 g/mol. The zero-order valence-corrected chi connectivity index (χ0v) is 8.84. The molecule has 0 unspecified atom stereocenters. The van der Waals surface area contributed by atoms with Gasteiger partial charge in [0.25, 0.3) is 0 Å². The monoisotopic (exact) mass is 239 g/mol. The molecule has 17 heavy (non-hydrogen) atoms. The molecule has 0 spiro atoms. The van der Waals surface area contributed by atoms with Gasteiger partial charge in [0.2, 0.25) is 0 Å². The van der Waals surface area contributed by atoms with Crippen molar-refractivity contribution in [3.8, 4) is 17.0 Å². The minimum Gasteiger partial charge on any atom is -0.506 e. The van der Waals surface area contributed by atoms with Gasteiger partial charge in [-0.15, -0.1) is 0 Å². The van der Waals surface area contributed by atoms with Crippen LogP contribution in [0.5, 0.6) is 5.75 Å². The van der Waals surface area contributed by atoms with Gasteiger partial charge in [-0.3, -0.25) is 4.98 Å². The molecule has 1 aromatic carbocycles. The zero-order chi connectivity index (χ0) is 12.6. The standard InChI is InChI=1S/C12H8F3NO/c1-6-4-7(17)5-16-12(6)8-2-3-9(13)11(15)10(8)14/h2-5,17H,1H3. The summed E-state index contributed by atoms with van der Waals surface area (Å²) in [5.74, 6) is -4.14. The maximum atomic E-state index is 13.5. The van der Waals surface area contributed by atoms with Crippen LogP contribution in [0.25, 0.3) is 11.3 Å². The second-order valence-electron chi connectivity index (χ2n) is 3.58. The summed E-state index contributed by atoms with van der Waals surface area (Å²) in [6, 6.07) is 3.31. The third-order valence-corrected chi connectivity index (χ3v) is 2.35. The predicted octanol–water partition coefficient (Wildman–Crippen LogP) is 3.18. The Kier molecular flexibility index (Phi) is 2.75. The molecule has 0 aliphatic carbocycles. The van der Waals surface area contributed by atoms with E-state index in [-0.39, 0.29) is 17.0 Å². The number of hydrogen-bond acceptors (Lipinski definition) is 2. The molecule has 2 rings (SSSR count). The first-order valence-corrected chi connectivity index (χ1v) is 4.80. The predicted molar refractivity (Wildman–Crippen MR) is 55.9 cm³/mol. The molecule has 0 aliphatic rings. The Morgan fingerprint density at radius 1 is 1.12 bits per heavy atom. The lowest BCUT2D eigenvalue weighted by Crippen LogP contribution is -1.97. The summed E-state index contributed by atoms with van der Waals surface area (Å²) in [5.41, 5.74) is 0.496. The molecule has 1 aromatic heterocycles. The van der Waals surface area contributed by atoms with Crippen molar-refractivity contribution in [2.75, 3.05) is 0 Å². The lowest BCUT2D eigenvalue weighted by atomic mass is 10.1. The highest BCUT2D eigenvalue weighted by Crippen LogP contribution is 2.28. The summed E-state index contributed by atoms with van der Waals surface area (Å²) in [6.45, 7) is 1.59. The number of aryl methyl sites for hydroxylation is 1. The quantitative estimate of drug-likeness (QED) is 0.775. The SMILES string of the molecule is Cc1cc(O)cnc1-c1ccc(F)c(F)c1F. The number of benzene rings is 1. The van der Waals surface area contributed by atoms with Crippen LogP contribution in [-0.2, 0) is 0 Å². The van der Waals surface area contributed by atoms with E-state index in [1.54, 1.807) is 6.92 Å². The number of hydrogen-bond donors (Lipinski definition) is 1. The smallest absolute Gasteiger partial charge is 0.195 e. The van der Waals surface area contributed by atoms with Gasteiger partial charge in [0.05, 0.1) is 11.9 Å². The first kappa shape index (κ1) is 11.4. The van der Waals surface area contributed by atoms with E-state index >= 15 is 0 Å². The molecule has 2 aromatic rings. The van der Waals surface area contributed by atoms with Crippen LogP contribution in [0, 0.1) is 24.4 Å². The third kappa shape index (κ3) is 1.95. The Morgan fingerprint density at radius 3 is 2.47 bits per heavy atom. The van der Waals surface area contributed by atoms with Crippen molar-refractivity contribution >= 4 is 0 Å². The number of nitrogens with zero attached hydrogens (tertiary/aromatic N) is 1. The fraction of sp³-hybridized carbons (Fsp3) is 0.0833. The highest BCUT2D eigenvalue weighted by atomic mass is 19.2. The fourth-order valence-electron chi connectivity index (χ4n) is 1.55. The zero-order valence-electron chi connectivity index (χ0n) is 8.84. The molecule has 0 bridgehead atoms. The van der Waals surface area contributed by atoms with Gasteiger partial charge < -0.3 is 5.11 Å². The van der Waals surface area contributed by atoms with Crippen LogP contribution in [0.3, 0.4) is 0 Å². The van der Waals surface area contributed by atoms with Crippen molar-refractivity contribution in [2.24, 2.45) is 0 Å². The first-order chi connectivity index (χ1) is 8.00. The van der Waals surface area contributed by atoms with Crippen molar-refractivity contribution in [1.82, 2.24) is 4.98 Å². The van der Waals surface area contributed by atoms with Crippen LogP contribution in [-0.4, -0.2) is 10.1 Å². The molecule has 0 saturated carbocycles. The Hall–Kier alpha value is -2.04. The molecule has 0 radical (unpaired) electrons. The summed E-state index contributed by atoms with van der Waals surface area (Å²) >= 11 is 0. The second-order valence-corrected chi connectivity index (χ2v) is 3.58. The maximum absolute atomic E-state index is 13.5. The summed E-state index contributed by atoms with van der Waals surface area (Å²) in [7, 11) is 0. The molecule has 5 heteroatoms. The molecular formula is C12H8F3NO. The topological polar surface area (TPSA) is 33.1 Å². The van der Waals surface area contributed by atoms with E-state index in [1.807, 2.05) is 0 Å².